The highest BCUT2D eigenvalue weighted by Crippen LogP contribution is 2.24. The lowest BCUT2D eigenvalue weighted by molar-refractivity contribution is -0.204. The van der Waals surface area contributed by atoms with E-state index in [-0.39, 0.29) is 26.2 Å². The van der Waals surface area contributed by atoms with Crippen molar-refractivity contribution in [2.24, 2.45) is 0 Å². The van der Waals surface area contributed by atoms with Crippen LogP contribution in [0.1, 0.15) is 27.7 Å². The molecule has 138 valence electrons. The van der Waals surface area contributed by atoms with Crippen LogP contribution in [0.5, 0.6) is 0 Å². The van der Waals surface area contributed by atoms with E-state index in [9.17, 15) is 27.6 Å². The van der Waals surface area contributed by atoms with Gasteiger partial charge < -0.3 is 19.3 Å². The number of Topliss-reactive ketones (excluding diaryl/α,β-unsaturated/α-hetero) is 1. The Morgan fingerprint density at radius 3 is 1.67 bits per heavy atom. The van der Waals surface area contributed by atoms with Crippen LogP contribution in [0.25, 0.3) is 0 Å². The van der Waals surface area contributed by atoms with Crippen LogP contribution in [-0.2, 0) is 14.3 Å². The number of nitrogens with zero attached hydrogens (tertiary/aromatic N) is 2. The van der Waals surface area contributed by atoms with Crippen LogP contribution in [0, 0.1) is 0 Å². The molecule has 1 unspecified atom stereocenters. The number of amides is 2. The minimum atomic E-state index is -4.96. The highest BCUT2D eigenvalue weighted by atomic mass is 19.4. The van der Waals surface area contributed by atoms with E-state index >= 15 is 0 Å². The second kappa shape index (κ2) is 7.27. The Hall–Kier alpha value is -2.00. The lowest BCUT2D eigenvalue weighted by Crippen LogP contribution is -2.53. The van der Waals surface area contributed by atoms with Gasteiger partial charge >= 0.3 is 18.4 Å². The van der Waals surface area contributed by atoms with E-state index in [0.717, 1.165) is 4.90 Å². The van der Waals surface area contributed by atoms with Crippen molar-refractivity contribution in [2.75, 3.05) is 26.2 Å². The topological polar surface area (TPSA) is 76.2 Å². The summed E-state index contributed by atoms with van der Waals surface area (Å²) in [6.07, 6.45) is -9.54. The average Bonchev–Trinajstić information content (AvgIpc) is 2.41. The third-order valence-corrected chi connectivity index (χ3v) is 3.07. The first-order valence-corrected chi connectivity index (χ1v) is 7.32. The summed E-state index contributed by atoms with van der Waals surface area (Å²) in [5.74, 6) is -1.30. The molecule has 10 heteroatoms. The maximum Gasteiger partial charge on any atom is 0.432 e. The van der Waals surface area contributed by atoms with E-state index in [0.29, 0.717) is 6.92 Å². The van der Waals surface area contributed by atoms with E-state index in [1.807, 2.05) is 0 Å². The number of halogens is 3. The molecule has 1 saturated heterocycles. The van der Waals surface area contributed by atoms with Crippen molar-refractivity contribution in [3.05, 3.63) is 0 Å². The molecule has 0 N–H and O–H groups in total. The predicted molar refractivity (Wildman–Crippen MR) is 76.4 cm³/mol. The van der Waals surface area contributed by atoms with E-state index in [4.69, 9.17) is 4.74 Å². The lowest BCUT2D eigenvalue weighted by Gasteiger charge is -2.35. The summed E-state index contributed by atoms with van der Waals surface area (Å²) in [6, 6.07) is 0. The fourth-order valence-corrected chi connectivity index (χ4v) is 1.95. The van der Waals surface area contributed by atoms with Crippen molar-refractivity contribution in [1.29, 1.82) is 0 Å². The maximum atomic E-state index is 12.6. The van der Waals surface area contributed by atoms with Crippen LogP contribution >= 0.6 is 0 Å². The van der Waals surface area contributed by atoms with Gasteiger partial charge in [-0.1, -0.05) is 0 Å². The number of carbonyl (C=O) groups excluding carboxylic acids is 3. The fraction of sp³-hybridized carbons (Fsp3) is 0.786. The summed E-state index contributed by atoms with van der Waals surface area (Å²) in [7, 11) is 0. The Bertz CT molecular complexity index is 494. The van der Waals surface area contributed by atoms with Crippen molar-refractivity contribution in [2.45, 2.75) is 45.6 Å². The molecular formula is C14H21F3N2O5. The summed E-state index contributed by atoms with van der Waals surface area (Å²) in [5.41, 5.74) is -0.672. The minimum absolute atomic E-state index is 0.0133. The molecule has 7 nitrogen and oxygen atoms in total. The molecule has 0 bridgehead atoms. The summed E-state index contributed by atoms with van der Waals surface area (Å²) in [5, 5.41) is 0. The number of carbonyl (C=O) groups is 3. The molecule has 1 aliphatic heterocycles. The predicted octanol–water partition coefficient (Wildman–Crippen LogP) is 2.20. The van der Waals surface area contributed by atoms with Gasteiger partial charge in [0.25, 0.3) is 6.10 Å². The van der Waals surface area contributed by atoms with Crippen LogP contribution < -0.4 is 0 Å². The van der Waals surface area contributed by atoms with Crippen molar-refractivity contribution < 1.29 is 37.0 Å². The average molecular weight is 354 g/mol. The highest BCUT2D eigenvalue weighted by Gasteiger charge is 2.47. The largest absolute Gasteiger partial charge is 0.444 e. The summed E-state index contributed by atoms with van der Waals surface area (Å²) in [6.45, 7) is 5.99. The third kappa shape index (κ3) is 5.89. The van der Waals surface area contributed by atoms with Crippen molar-refractivity contribution >= 4 is 18.0 Å². The summed E-state index contributed by atoms with van der Waals surface area (Å²) >= 11 is 0. The number of alkyl halides is 3. The van der Waals surface area contributed by atoms with Gasteiger partial charge in [-0.15, -0.1) is 0 Å². The third-order valence-electron chi connectivity index (χ3n) is 3.07. The van der Waals surface area contributed by atoms with Gasteiger partial charge in [0.1, 0.15) is 5.60 Å². The summed E-state index contributed by atoms with van der Waals surface area (Å²) in [4.78, 5) is 37.0. The second-order valence-corrected chi connectivity index (χ2v) is 6.37. The molecule has 0 aromatic rings. The van der Waals surface area contributed by atoms with Crippen molar-refractivity contribution in [3.8, 4) is 0 Å². The molecule has 0 radical (unpaired) electrons. The van der Waals surface area contributed by atoms with E-state index in [1.54, 1.807) is 20.8 Å². The number of ketones is 1. The number of ether oxygens (including phenoxy) is 2. The monoisotopic (exact) mass is 354 g/mol. The lowest BCUT2D eigenvalue weighted by atomic mass is 10.2. The first kappa shape index (κ1) is 20.0. The Morgan fingerprint density at radius 1 is 0.917 bits per heavy atom. The van der Waals surface area contributed by atoms with Crippen LogP contribution in [0.2, 0.25) is 0 Å². The van der Waals surface area contributed by atoms with Crippen LogP contribution in [0.3, 0.4) is 0 Å². The zero-order valence-corrected chi connectivity index (χ0v) is 14.0. The van der Waals surface area contributed by atoms with Gasteiger partial charge in [0, 0.05) is 26.2 Å². The van der Waals surface area contributed by atoms with Crippen LogP contribution in [0.4, 0.5) is 22.8 Å². The molecule has 1 heterocycles. The van der Waals surface area contributed by atoms with Gasteiger partial charge in [-0.2, -0.15) is 13.2 Å². The van der Waals surface area contributed by atoms with Gasteiger partial charge in [0.2, 0.25) is 0 Å². The number of piperazine rings is 1. The smallest absolute Gasteiger partial charge is 0.432 e. The molecule has 0 spiro atoms. The molecule has 0 aromatic heterocycles. The number of rotatable bonds is 2. The fourth-order valence-electron chi connectivity index (χ4n) is 1.95. The van der Waals surface area contributed by atoms with E-state index < -0.39 is 35.9 Å². The first-order valence-electron chi connectivity index (χ1n) is 7.32. The molecule has 1 rings (SSSR count). The van der Waals surface area contributed by atoms with Gasteiger partial charge in [-0.05, 0) is 27.7 Å². The second-order valence-electron chi connectivity index (χ2n) is 6.37. The Morgan fingerprint density at radius 2 is 1.33 bits per heavy atom. The SMILES string of the molecule is CC(=O)C(OC(=O)N1CCN(C(=O)OC(C)(C)C)CC1)C(F)(F)F. The molecule has 0 aliphatic carbocycles. The standard InChI is InChI=1S/C14H21F3N2O5/c1-9(20)10(14(15,16)17)23-11(21)18-5-7-19(8-6-18)12(22)24-13(2,3)4/h10H,5-8H2,1-4H3. The minimum Gasteiger partial charge on any atom is -0.444 e. The van der Waals surface area contributed by atoms with Gasteiger partial charge in [0.15, 0.2) is 5.78 Å². The number of hydrogen-bond donors (Lipinski definition) is 0. The molecule has 1 aliphatic rings. The zero-order chi connectivity index (χ0) is 18.7. The molecule has 0 saturated carbocycles. The molecular weight excluding hydrogens is 333 g/mol. The van der Waals surface area contributed by atoms with Crippen LogP contribution in [0.15, 0.2) is 0 Å². The van der Waals surface area contributed by atoms with Gasteiger partial charge in [0.05, 0.1) is 0 Å². The normalized spacial score (nSPS) is 17.3. The van der Waals surface area contributed by atoms with E-state index in [2.05, 4.69) is 4.74 Å². The highest BCUT2D eigenvalue weighted by molar-refractivity contribution is 5.84. The molecule has 0 aromatic carbocycles. The Balaban J connectivity index is 2.57. The first-order chi connectivity index (χ1) is 10.8. The molecule has 2 amide bonds. The quantitative estimate of drug-likeness (QED) is 0.760. The zero-order valence-electron chi connectivity index (χ0n) is 14.0. The van der Waals surface area contributed by atoms with E-state index in [1.165, 1.54) is 4.90 Å². The van der Waals surface area contributed by atoms with Crippen molar-refractivity contribution in [1.82, 2.24) is 9.80 Å². The molecule has 24 heavy (non-hydrogen) atoms. The Kier molecular flexibility index (Phi) is 6.07. The van der Waals surface area contributed by atoms with Gasteiger partial charge in [-0.25, -0.2) is 9.59 Å². The molecule has 1 atom stereocenters. The summed E-state index contributed by atoms with van der Waals surface area (Å²) < 4.78 is 47.4. The van der Waals surface area contributed by atoms with Gasteiger partial charge in [-0.3, -0.25) is 4.79 Å². The van der Waals surface area contributed by atoms with Crippen molar-refractivity contribution in [3.63, 3.8) is 0 Å². The van der Waals surface area contributed by atoms with Crippen LogP contribution in [-0.4, -0.2) is 71.8 Å². The molecule has 1 fully saturated rings. The number of hydrogen-bond acceptors (Lipinski definition) is 5. The Labute approximate surface area is 137 Å². The maximum absolute atomic E-state index is 12.6.